The highest BCUT2D eigenvalue weighted by molar-refractivity contribution is 5.94. The highest BCUT2D eigenvalue weighted by atomic mass is 16.5. The Morgan fingerprint density at radius 2 is 1.77 bits per heavy atom. The molecule has 0 unspecified atom stereocenters. The summed E-state index contributed by atoms with van der Waals surface area (Å²) in [5, 5.41) is 0. The Bertz CT molecular complexity index is 1120. The number of carbonyl (C=O) groups is 2. The van der Waals surface area contributed by atoms with E-state index in [0.717, 1.165) is 23.9 Å². The number of piperidine rings is 1. The van der Waals surface area contributed by atoms with Gasteiger partial charge < -0.3 is 14.6 Å². The molecule has 1 amide bonds. The van der Waals surface area contributed by atoms with E-state index in [2.05, 4.69) is 4.98 Å². The first-order valence-electron chi connectivity index (χ1n) is 10.7. The van der Waals surface area contributed by atoms with Gasteiger partial charge in [-0.1, -0.05) is 12.1 Å². The molecule has 0 radical (unpaired) electrons. The van der Waals surface area contributed by atoms with E-state index in [1.807, 2.05) is 33.7 Å². The number of H-pyrrole nitrogens is 1. The van der Waals surface area contributed by atoms with E-state index in [-0.39, 0.29) is 23.4 Å². The maximum absolute atomic E-state index is 12.6. The van der Waals surface area contributed by atoms with Gasteiger partial charge >= 0.3 is 5.69 Å². The summed E-state index contributed by atoms with van der Waals surface area (Å²) in [7, 11) is 0. The number of nitrogens with one attached hydrogen (secondary N) is 1. The van der Waals surface area contributed by atoms with Crippen molar-refractivity contribution in [3.05, 3.63) is 64.6 Å². The van der Waals surface area contributed by atoms with E-state index < -0.39 is 0 Å². The average Bonchev–Trinajstić information content (AvgIpc) is 3.12. The maximum atomic E-state index is 12.6. The fraction of sp³-hybridized carbons (Fsp3) is 0.375. The molecule has 7 heteroatoms. The Morgan fingerprint density at radius 1 is 1.06 bits per heavy atom. The van der Waals surface area contributed by atoms with Crippen molar-refractivity contribution in [3.8, 4) is 5.75 Å². The van der Waals surface area contributed by atoms with E-state index in [4.69, 9.17) is 4.74 Å². The van der Waals surface area contributed by atoms with Crippen molar-refractivity contribution < 1.29 is 14.3 Å². The molecule has 0 atom stereocenters. The lowest BCUT2D eigenvalue weighted by molar-refractivity contribution is -0.132. The quantitative estimate of drug-likeness (QED) is 0.467. The highest BCUT2D eigenvalue weighted by Gasteiger charge is 2.25. The van der Waals surface area contributed by atoms with Crippen LogP contribution < -0.4 is 10.4 Å². The zero-order valence-corrected chi connectivity index (χ0v) is 17.7. The zero-order valence-electron chi connectivity index (χ0n) is 17.7. The van der Waals surface area contributed by atoms with Crippen LogP contribution in [0.25, 0.3) is 11.0 Å². The molecule has 4 rings (SSSR count). The molecule has 162 valence electrons. The summed E-state index contributed by atoms with van der Waals surface area (Å²) in [6.07, 6.45) is 2.61. The second-order valence-corrected chi connectivity index (χ2v) is 7.96. The van der Waals surface area contributed by atoms with Crippen LogP contribution in [0.5, 0.6) is 5.75 Å². The van der Waals surface area contributed by atoms with Gasteiger partial charge in [0.1, 0.15) is 5.75 Å². The molecule has 0 bridgehead atoms. The lowest BCUT2D eigenvalue weighted by atomic mass is 10.0. The Morgan fingerprint density at radius 3 is 2.48 bits per heavy atom. The number of para-hydroxylation sites is 2. The van der Waals surface area contributed by atoms with Crippen LogP contribution in [0.15, 0.2) is 53.3 Å². The summed E-state index contributed by atoms with van der Waals surface area (Å²) in [6, 6.07) is 14.8. The van der Waals surface area contributed by atoms with Crippen molar-refractivity contribution in [1.29, 1.82) is 0 Å². The number of ketones is 1. The predicted molar refractivity (Wildman–Crippen MR) is 119 cm³/mol. The van der Waals surface area contributed by atoms with Gasteiger partial charge in [0.05, 0.1) is 17.6 Å². The van der Waals surface area contributed by atoms with Gasteiger partial charge in [-0.05, 0) is 62.6 Å². The molecule has 1 aliphatic rings. The second-order valence-electron chi connectivity index (χ2n) is 7.96. The molecule has 3 aromatic rings. The number of hydrogen-bond donors (Lipinski definition) is 1. The largest absolute Gasteiger partial charge is 0.494 e. The van der Waals surface area contributed by atoms with Crippen LogP contribution in [0.4, 0.5) is 0 Å². The normalized spacial score (nSPS) is 14.7. The van der Waals surface area contributed by atoms with Crippen molar-refractivity contribution >= 4 is 22.7 Å². The number of amides is 1. The maximum Gasteiger partial charge on any atom is 0.326 e. The SMILES string of the molecule is CC(=O)c1ccc(OCCCC(=O)N2CCC(n3c(=O)[nH]c4ccccc43)CC2)cc1. The number of rotatable bonds is 7. The third-order valence-electron chi connectivity index (χ3n) is 5.87. The molecule has 0 saturated carbocycles. The van der Waals surface area contributed by atoms with Crippen LogP contribution in [0.3, 0.4) is 0 Å². The van der Waals surface area contributed by atoms with Gasteiger partial charge in [0, 0.05) is 31.1 Å². The number of likely N-dealkylation sites (tertiary alicyclic amines) is 1. The number of aromatic nitrogens is 2. The highest BCUT2D eigenvalue weighted by Crippen LogP contribution is 2.25. The van der Waals surface area contributed by atoms with Gasteiger partial charge in [-0.2, -0.15) is 0 Å². The van der Waals surface area contributed by atoms with Crippen LogP contribution in [0, 0.1) is 0 Å². The van der Waals surface area contributed by atoms with Gasteiger partial charge in [-0.15, -0.1) is 0 Å². The summed E-state index contributed by atoms with van der Waals surface area (Å²) in [5.41, 5.74) is 2.34. The Balaban J connectivity index is 1.23. The molecular weight excluding hydrogens is 394 g/mol. The minimum Gasteiger partial charge on any atom is -0.494 e. The average molecular weight is 421 g/mol. The minimum atomic E-state index is -0.0838. The summed E-state index contributed by atoms with van der Waals surface area (Å²) < 4.78 is 7.51. The van der Waals surface area contributed by atoms with Gasteiger partial charge in [0.2, 0.25) is 5.91 Å². The molecule has 1 aromatic heterocycles. The molecule has 31 heavy (non-hydrogen) atoms. The van der Waals surface area contributed by atoms with E-state index in [0.29, 0.717) is 43.9 Å². The lowest BCUT2D eigenvalue weighted by Crippen LogP contribution is -2.40. The predicted octanol–water partition coefficient (Wildman–Crippen LogP) is 3.55. The van der Waals surface area contributed by atoms with Crippen molar-refractivity contribution in [3.63, 3.8) is 0 Å². The number of ether oxygens (including phenoxy) is 1. The minimum absolute atomic E-state index is 0.0236. The number of fused-ring (bicyclic) bond motifs is 1. The number of imidazole rings is 1. The molecule has 0 spiro atoms. The lowest BCUT2D eigenvalue weighted by Gasteiger charge is -2.32. The number of aromatic amines is 1. The van der Waals surface area contributed by atoms with Crippen molar-refractivity contribution in [2.45, 2.75) is 38.6 Å². The summed E-state index contributed by atoms with van der Waals surface area (Å²) in [4.78, 5) is 41.1. The number of Topliss-reactive ketones (excluding diaryl/α,β-unsaturated/α-hetero) is 1. The van der Waals surface area contributed by atoms with Crippen LogP contribution >= 0.6 is 0 Å². The topological polar surface area (TPSA) is 84.4 Å². The number of nitrogens with zero attached hydrogens (tertiary/aromatic N) is 2. The third-order valence-corrected chi connectivity index (χ3v) is 5.87. The molecule has 1 N–H and O–H groups in total. The van der Waals surface area contributed by atoms with E-state index in [9.17, 15) is 14.4 Å². The van der Waals surface area contributed by atoms with Crippen LogP contribution in [0.2, 0.25) is 0 Å². The first-order chi connectivity index (χ1) is 15.0. The molecule has 7 nitrogen and oxygen atoms in total. The Kier molecular flexibility index (Phi) is 6.21. The van der Waals surface area contributed by atoms with Crippen LogP contribution in [0.1, 0.15) is 49.0 Å². The molecule has 1 fully saturated rings. The van der Waals surface area contributed by atoms with Gasteiger partial charge in [0.25, 0.3) is 0 Å². The number of hydrogen-bond acceptors (Lipinski definition) is 4. The first-order valence-corrected chi connectivity index (χ1v) is 10.7. The molecule has 2 aromatic carbocycles. The third kappa shape index (κ3) is 4.71. The monoisotopic (exact) mass is 421 g/mol. The molecule has 1 aliphatic heterocycles. The molecule has 2 heterocycles. The Hall–Kier alpha value is -3.35. The summed E-state index contributed by atoms with van der Waals surface area (Å²) in [5.74, 6) is 0.846. The fourth-order valence-corrected chi connectivity index (χ4v) is 4.17. The second kappa shape index (κ2) is 9.20. The number of carbonyl (C=O) groups excluding carboxylic acids is 2. The fourth-order valence-electron chi connectivity index (χ4n) is 4.17. The Labute approximate surface area is 180 Å². The van der Waals surface area contributed by atoms with Gasteiger partial charge in [-0.3, -0.25) is 14.2 Å². The van der Waals surface area contributed by atoms with E-state index >= 15 is 0 Å². The van der Waals surface area contributed by atoms with Crippen LogP contribution in [-0.4, -0.2) is 45.8 Å². The van der Waals surface area contributed by atoms with E-state index in [1.54, 1.807) is 24.3 Å². The summed E-state index contributed by atoms with van der Waals surface area (Å²) in [6.45, 7) is 3.29. The summed E-state index contributed by atoms with van der Waals surface area (Å²) >= 11 is 0. The smallest absolute Gasteiger partial charge is 0.326 e. The van der Waals surface area contributed by atoms with Crippen LogP contribution in [-0.2, 0) is 4.79 Å². The van der Waals surface area contributed by atoms with Crippen molar-refractivity contribution in [2.75, 3.05) is 19.7 Å². The first kappa shape index (κ1) is 20.9. The zero-order chi connectivity index (χ0) is 21.8. The molecule has 0 aliphatic carbocycles. The molecule has 1 saturated heterocycles. The van der Waals surface area contributed by atoms with Crippen molar-refractivity contribution in [2.24, 2.45) is 0 Å². The van der Waals surface area contributed by atoms with Crippen molar-refractivity contribution in [1.82, 2.24) is 14.5 Å². The standard InChI is InChI=1S/C24H27N3O4/c1-17(28)18-8-10-20(11-9-18)31-16-4-7-23(29)26-14-12-19(13-15-26)27-22-6-3-2-5-21(22)25-24(27)30/h2-3,5-6,8-11,19H,4,7,12-16H2,1H3,(H,25,30). The number of benzene rings is 2. The van der Waals surface area contributed by atoms with Gasteiger partial charge in [0.15, 0.2) is 5.78 Å². The van der Waals surface area contributed by atoms with Gasteiger partial charge in [-0.25, -0.2) is 4.79 Å². The molecular formula is C24H27N3O4. The van der Waals surface area contributed by atoms with E-state index in [1.165, 1.54) is 6.92 Å².